The zero-order chi connectivity index (χ0) is 14.2. The van der Waals surface area contributed by atoms with Gasteiger partial charge in [-0.05, 0) is 41.5 Å². The molecule has 3 aliphatic carbocycles. The number of imide groups is 1. The van der Waals surface area contributed by atoms with Gasteiger partial charge in [0, 0.05) is 4.88 Å². The first kappa shape index (κ1) is 11.9. The molecule has 2 bridgehead atoms. The van der Waals surface area contributed by atoms with Crippen LogP contribution in [0.3, 0.4) is 0 Å². The maximum absolute atomic E-state index is 12.6. The van der Waals surface area contributed by atoms with E-state index in [1.54, 1.807) is 17.6 Å². The third-order valence-corrected chi connectivity index (χ3v) is 6.48. The maximum Gasteiger partial charge on any atom is 0.254 e. The molecule has 5 heteroatoms. The van der Waals surface area contributed by atoms with Gasteiger partial charge in [0.15, 0.2) is 0 Å². The van der Waals surface area contributed by atoms with Gasteiger partial charge in [-0.25, -0.2) is 0 Å². The molecule has 2 saturated carbocycles. The number of carbonyl (C=O) groups excluding carboxylic acids is 2. The molecule has 1 aliphatic heterocycles. The smallest absolute Gasteiger partial charge is 0.254 e. The molecular weight excluding hydrogens is 284 g/mol. The number of hydrogen-bond donors (Lipinski definition) is 0. The van der Waals surface area contributed by atoms with Gasteiger partial charge in [-0.2, -0.15) is 10.1 Å². The summed E-state index contributed by atoms with van der Waals surface area (Å²) >= 11 is 1.54. The van der Waals surface area contributed by atoms with Crippen LogP contribution < -0.4 is 0 Å². The van der Waals surface area contributed by atoms with Crippen molar-refractivity contribution < 1.29 is 9.59 Å². The second kappa shape index (κ2) is 3.71. The lowest BCUT2D eigenvalue weighted by Crippen LogP contribution is -2.30. The molecule has 0 radical (unpaired) electrons. The number of fused-ring (bicyclic) bond motifs is 3. The molecule has 4 nitrogen and oxygen atoms in total. The molecule has 21 heavy (non-hydrogen) atoms. The molecule has 0 N–H and O–H groups in total. The lowest BCUT2D eigenvalue weighted by Gasteiger charge is -2.18. The van der Waals surface area contributed by atoms with Crippen LogP contribution in [0.4, 0.5) is 0 Å². The fourth-order valence-corrected chi connectivity index (χ4v) is 5.24. The van der Waals surface area contributed by atoms with Crippen LogP contribution in [0.15, 0.2) is 34.8 Å². The monoisotopic (exact) mass is 298 g/mol. The van der Waals surface area contributed by atoms with Crippen LogP contribution in [-0.2, 0) is 9.59 Å². The number of amides is 2. The summed E-state index contributed by atoms with van der Waals surface area (Å²) in [6, 6.07) is 3.85. The molecule has 1 spiro atoms. The fourth-order valence-electron chi connectivity index (χ4n) is 4.66. The minimum absolute atomic E-state index is 0.0964. The SMILES string of the molecule is O=C1C2C(C(=O)N1N=Cc1cccs1)C1C=CC2C12CC2. The summed E-state index contributed by atoms with van der Waals surface area (Å²) in [6.07, 6.45) is 8.31. The zero-order valence-electron chi connectivity index (χ0n) is 11.3. The highest BCUT2D eigenvalue weighted by Crippen LogP contribution is 2.73. The number of rotatable bonds is 2. The molecule has 1 aromatic rings. The standard InChI is InChI=1S/C16H14N2O2S/c19-14-12-10-3-4-11(16(10)5-6-16)13(12)15(20)18(14)17-8-9-2-1-7-21-9/h1-4,7-8,10-13H,5-6H2. The first-order chi connectivity index (χ1) is 10.2. The van der Waals surface area contributed by atoms with E-state index in [0.717, 1.165) is 9.89 Å². The van der Waals surface area contributed by atoms with Gasteiger partial charge in [0.1, 0.15) is 0 Å². The highest BCUT2D eigenvalue weighted by atomic mass is 32.1. The van der Waals surface area contributed by atoms with Crippen molar-refractivity contribution in [3.8, 4) is 0 Å². The topological polar surface area (TPSA) is 49.7 Å². The Morgan fingerprint density at radius 2 is 1.86 bits per heavy atom. The molecular formula is C16H14N2O2S. The van der Waals surface area contributed by atoms with Crippen LogP contribution in [-0.4, -0.2) is 23.0 Å². The van der Waals surface area contributed by atoms with Crippen molar-refractivity contribution in [2.75, 3.05) is 0 Å². The molecule has 4 aliphatic rings. The van der Waals surface area contributed by atoms with Gasteiger partial charge in [-0.1, -0.05) is 18.2 Å². The van der Waals surface area contributed by atoms with Gasteiger partial charge in [0.05, 0.1) is 18.1 Å². The normalized spacial score (nSPS) is 38.2. The van der Waals surface area contributed by atoms with Crippen molar-refractivity contribution in [2.24, 2.45) is 34.2 Å². The van der Waals surface area contributed by atoms with E-state index in [-0.39, 0.29) is 40.9 Å². The number of thiophene rings is 1. The minimum atomic E-state index is -0.157. The summed E-state index contributed by atoms with van der Waals surface area (Å²) in [6.45, 7) is 0. The molecule has 3 fully saturated rings. The van der Waals surface area contributed by atoms with Crippen LogP contribution in [0.5, 0.6) is 0 Å². The number of allylic oxidation sites excluding steroid dienone is 2. The molecule has 4 unspecified atom stereocenters. The summed E-state index contributed by atoms with van der Waals surface area (Å²) in [5, 5.41) is 7.24. The van der Waals surface area contributed by atoms with Crippen molar-refractivity contribution in [2.45, 2.75) is 12.8 Å². The van der Waals surface area contributed by atoms with Crippen LogP contribution in [0.1, 0.15) is 17.7 Å². The first-order valence-corrected chi connectivity index (χ1v) is 8.24. The van der Waals surface area contributed by atoms with Crippen molar-refractivity contribution >= 4 is 29.4 Å². The van der Waals surface area contributed by atoms with Crippen LogP contribution in [0, 0.1) is 29.1 Å². The van der Waals surface area contributed by atoms with Crippen molar-refractivity contribution in [1.82, 2.24) is 5.01 Å². The third kappa shape index (κ3) is 1.33. The highest BCUT2D eigenvalue weighted by Gasteiger charge is 2.73. The predicted octanol–water partition coefficient (Wildman–Crippen LogP) is 2.28. The van der Waals surface area contributed by atoms with Crippen LogP contribution in [0.2, 0.25) is 0 Å². The average molecular weight is 298 g/mol. The number of carbonyl (C=O) groups is 2. The fraction of sp³-hybridized carbons (Fsp3) is 0.438. The van der Waals surface area contributed by atoms with E-state index in [2.05, 4.69) is 17.3 Å². The number of hydrazone groups is 1. The Labute approximate surface area is 126 Å². The highest BCUT2D eigenvalue weighted by molar-refractivity contribution is 7.11. The molecule has 5 rings (SSSR count). The summed E-state index contributed by atoms with van der Waals surface area (Å²) in [5.41, 5.74) is 0.254. The Hall–Kier alpha value is -1.75. The van der Waals surface area contributed by atoms with E-state index in [4.69, 9.17) is 0 Å². The second-order valence-electron chi connectivity index (χ2n) is 6.47. The summed E-state index contributed by atoms with van der Waals surface area (Å²) in [7, 11) is 0. The molecule has 0 aromatic carbocycles. The Bertz CT molecular complexity index is 668. The summed E-state index contributed by atoms with van der Waals surface area (Å²) < 4.78 is 0. The lowest BCUT2D eigenvalue weighted by molar-refractivity contribution is -0.141. The summed E-state index contributed by atoms with van der Waals surface area (Å²) in [5.74, 6) is 0.0320. The van der Waals surface area contributed by atoms with E-state index >= 15 is 0 Å². The Morgan fingerprint density at radius 3 is 2.38 bits per heavy atom. The Balaban J connectivity index is 1.48. The predicted molar refractivity (Wildman–Crippen MR) is 78.5 cm³/mol. The van der Waals surface area contributed by atoms with Gasteiger partial charge in [0.25, 0.3) is 11.8 Å². The van der Waals surface area contributed by atoms with Crippen molar-refractivity contribution in [3.05, 3.63) is 34.5 Å². The molecule has 2 heterocycles. The molecule has 1 aromatic heterocycles. The first-order valence-electron chi connectivity index (χ1n) is 7.36. The van der Waals surface area contributed by atoms with Gasteiger partial charge in [-0.15, -0.1) is 11.3 Å². The van der Waals surface area contributed by atoms with Gasteiger partial charge in [-0.3, -0.25) is 9.59 Å². The van der Waals surface area contributed by atoms with Crippen LogP contribution in [0.25, 0.3) is 0 Å². The quantitative estimate of drug-likeness (QED) is 0.478. The van der Waals surface area contributed by atoms with E-state index in [9.17, 15) is 9.59 Å². The van der Waals surface area contributed by atoms with Gasteiger partial charge >= 0.3 is 0 Å². The Morgan fingerprint density at radius 1 is 1.19 bits per heavy atom. The lowest BCUT2D eigenvalue weighted by atomic mass is 9.85. The third-order valence-electron chi connectivity index (χ3n) is 5.67. The van der Waals surface area contributed by atoms with E-state index < -0.39 is 0 Å². The molecule has 4 atom stereocenters. The van der Waals surface area contributed by atoms with Gasteiger partial charge in [0.2, 0.25) is 0 Å². The van der Waals surface area contributed by atoms with Crippen molar-refractivity contribution in [1.29, 1.82) is 0 Å². The molecule has 106 valence electrons. The minimum Gasteiger partial charge on any atom is -0.272 e. The Kier molecular flexibility index (Phi) is 2.10. The zero-order valence-corrected chi connectivity index (χ0v) is 12.1. The van der Waals surface area contributed by atoms with Gasteiger partial charge < -0.3 is 0 Å². The largest absolute Gasteiger partial charge is 0.272 e. The average Bonchev–Trinajstić information content (AvgIpc) is 2.77. The van der Waals surface area contributed by atoms with E-state index in [1.165, 1.54) is 12.8 Å². The van der Waals surface area contributed by atoms with Crippen LogP contribution >= 0.6 is 11.3 Å². The van der Waals surface area contributed by atoms with E-state index in [0.29, 0.717) is 0 Å². The second-order valence-corrected chi connectivity index (χ2v) is 7.45. The number of hydrogen-bond acceptors (Lipinski definition) is 4. The maximum atomic E-state index is 12.6. The molecule has 1 saturated heterocycles. The summed E-state index contributed by atoms with van der Waals surface area (Å²) in [4.78, 5) is 26.2. The molecule has 2 amide bonds. The van der Waals surface area contributed by atoms with Crippen molar-refractivity contribution in [3.63, 3.8) is 0 Å². The van der Waals surface area contributed by atoms with E-state index in [1.807, 2.05) is 17.5 Å². The number of nitrogens with zero attached hydrogens (tertiary/aromatic N) is 2.